The second-order valence-corrected chi connectivity index (χ2v) is 11.8. The number of allylic oxidation sites excluding steroid dienone is 3. The maximum Gasteiger partial charge on any atom is 0.0546 e. The van der Waals surface area contributed by atoms with Gasteiger partial charge in [0.2, 0.25) is 0 Å². The van der Waals surface area contributed by atoms with Gasteiger partial charge in [0.15, 0.2) is 0 Å². The van der Waals surface area contributed by atoms with Gasteiger partial charge in [-0.2, -0.15) is 0 Å². The molecule has 1 nitrogen and oxygen atoms in total. The second kappa shape index (κ2) is 7.60. The van der Waals surface area contributed by atoms with E-state index in [1.807, 2.05) is 0 Å². The zero-order valence-corrected chi connectivity index (χ0v) is 18.9. The number of hydrogen-bond donors (Lipinski definition) is 1. The molecule has 0 radical (unpaired) electrons. The number of hydrogen-bond acceptors (Lipinski definition) is 1. The quantitative estimate of drug-likeness (QED) is 0.498. The Morgan fingerprint density at radius 1 is 1.04 bits per heavy atom. The van der Waals surface area contributed by atoms with Crippen LogP contribution >= 0.6 is 0 Å². The van der Waals surface area contributed by atoms with E-state index in [9.17, 15) is 5.11 Å². The molecule has 4 aliphatic rings. The van der Waals surface area contributed by atoms with Crippen LogP contribution in [0.3, 0.4) is 0 Å². The lowest BCUT2D eigenvalue weighted by Gasteiger charge is -2.58. The van der Waals surface area contributed by atoms with Crippen LogP contribution in [0.1, 0.15) is 91.9 Å². The first kappa shape index (κ1) is 20.7. The summed E-state index contributed by atoms with van der Waals surface area (Å²) in [6.07, 6.45) is 17.8. The van der Waals surface area contributed by atoms with Crippen LogP contribution in [0.25, 0.3) is 0 Å². The number of aliphatic hydroxyl groups excluding tert-OH is 1. The van der Waals surface area contributed by atoms with Gasteiger partial charge < -0.3 is 5.11 Å². The minimum atomic E-state index is -0.0712. The standard InChI is InChI=1S/C27H44O/c1-18(2)7-6-8-19(3)23-11-12-24-22-10-9-20-17-21(28)13-15-26(20,4)25(22)14-16-27(23,24)5/h9-10,18,20-25,28H,3,6-8,11-17H2,1-2,4-5H3/t20?,21?,22?,23?,24?,25?,26-,27+/m0/s1. The fourth-order valence-electron chi connectivity index (χ4n) is 8.18. The monoisotopic (exact) mass is 384 g/mol. The van der Waals surface area contributed by atoms with Gasteiger partial charge in [0, 0.05) is 0 Å². The minimum absolute atomic E-state index is 0.0712. The lowest BCUT2D eigenvalue weighted by Crippen LogP contribution is -2.52. The van der Waals surface area contributed by atoms with Crippen molar-refractivity contribution in [2.24, 2.45) is 46.3 Å². The minimum Gasteiger partial charge on any atom is -0.393 e. The van der Waals surface area contributed by atoms with Gasteiger partial charge in [0.05, 0.1) is 6.10 Å². The first-order valence-corrected chi connectivity index (χ1v) is 12.3. The van der Waals surface area contributed by atoms with Gasteiger partial charge in [-0.1, -0.05) is 58.4 Å². The zero-order chi connectivity index (χ0) is 20.1. The van der Waals surface area contributed by atoms with Crippen LogP contribution in [0.5, 0.6) is 0 Å². The fraction of sp³-hybridized carbons (Fsp3) is 0.852. The van der Waals surface area contributed by atoms with Gasteiger partial charge in [-0.25, -0.2) is 0 Å². The van der Waals surface area contributed by atoms with E-state index >= 15 is 0 Å². The molecule has 0 amide bonds. The zero-order valence-electron chi connectivity index (χ0n) is 18.9. The molecule has 0 saturated heterocycles. The molecule has 6 unspecified atom stereocenters. The third-order valence-corrected chi connectivity index (χ3v) is 9.91. The summed E-state index contributed by atoms with van der Waals surface area (Å²) in [7, 11) is 0. The lowest BCUT2D eigenvalue weighted by atomic mass is 9.46. The second-order valence-electron chi connectivity index (χ2n) is 11.8. The molecule has 0 aromatic heterocycles. The van der Waals surface area contributed by atoms with E-state index in [1.54, 1.807) is 5.57 Å². The largest absolute Gasteiger partial charge is 0.393 e. The Labute approximate surface area is 174 Å². The summed E-state index contributed by atoms with van der Waals surface area (Å²) in [6, 6.07) is 0. The maximum atomic E-state index is 10.2. The highest BCUT2D eigenvalue weighted by atomic mass is 16.3. The molecule has 0 aromatic rings. The topological polar surface area (TPSA) is 20.2 Å². The average molecular weight is 385 g/mol. The Hall–Kier alpha value is -0.560. The smallest absolute Gasteiger partial charge is 0.0546 e. The molecule has 3 fully saturated rings. The van der Waals surface area contributed by atoms with Crippen LogP contribution in [0, 0.1) is 46.3 Å². The molecule has 0 heterocycles. The molecule has 3 saturated carbocycles. The van der Waals surface area contributed by atoms with Gasteiger partial charge in [-0.15, -0.1) is 0 Å². The Morgan fingerprint density at radius 3 is 2.50 bits per heavy atom. The molecule has 4 aliphatic carbocycles. The third kappa shape index (κ3) is 3.34. The van der Waals surface area contributed by atoms with E-state index in [4.69, 9.17) is 0 Å². The van der Waals surface area contributed by atoms with Crippen LogP contribution in [-0.2, 0) is 0 Å². The van der Waals surface area contributed by atoms with Gasteiger partial charge in [-0.3, -0.25) is 0 Å². The molecule has 8 atom stereocenters. The summed E-state index contributed by atoms with van der Waals surface area (Å²) in [5.41, 5.74) is 2.46. The van der Waals surface area contributed by atoms with E-state index in [0.717, 1.165) is 42.4 Å². The van der Waals surface area contributed by atoms with E-state index in [1.165, 1.54) is 51.4 Å². The van der Waals surface area contributed by atoms with Crippen LogP contribution in [0.4, 0.5) is 0 Å². The predicted molar refractivity (Wildman–Crippen MR) is 119 cm³/mol. The maximum absolute atomic E-state index is 10.2. The Balaban J connectivity index is 1.50. The van der Waals surface area contributed by atoms with Crippen molar-refractivity contribution >= 4 is 0 Å². The van der Waals surface area contributed by atoms with Gasteiger partial charge in [0.1, 0.15) is 0 Å². The Morgan fingerprint density at radius 2 is 1.75 bits per heavy atom. The Kier molecular flexibility index (Phi) is 5.62. The summed E-state index contributed by atoms with van der Waals surface area (Å²) in [5, 5.41) is 10.2. The average Bonchev–Trinajstić information content (AvgIpc) is 2.99. The Bertz CT molecular complexity index is 618. The van der Waals surface area contributed by atoms with Gasteiger partial charge in [0.25, 0.3) is 0 Å². The van der Waals surface area contributed by atoms with Crippen molar-refractivity contribution < 1.29 is 5.11 Å². The van der Waals surface area contributed by atoms with E-state index in [2.05, 4.69) is 46.4 Å². The molecule has 0 aromatic carbocycles. The van der Waals surface area contributed by atoms with E-state index in [-0.39, 0.29) is 6.10 Å². The summed E-state index contributed by atoms with van der Waals surface area (Å²) in [5.74, 6) is 4.61. The molecule has 0 aliphatic heterocycles. The van der Waals surface area contributed by atoms with Crippen molar-refractivity contribution in [1.29, 1.82) is 0 Å². The van der Waals surface area contributed by atoms with E-state index in [0.29, 0.717) is 16.7 Å². The SMILES string of the molecule is C=C(CCCC(C)C)C1CCC2C3C=CC4CC(O)CC[C@]4(C)C3CC[C@]12C. The highest BCUT2D eigenvalue weighted by Gasteiger charge is 2.59. The molecule has 0 bridgehead atoms. The molecular weight excluding hydrogens is 340 g/mol. The van der Waals surface area contributed by atoms with Gasteiger partial charge >= 0.3 is 0 Å². The molecule has 28 heavy (non-hydrogen) atoms. The number of fused-ring (bicyclic) bond motifs is 5. The van der Waals surface area contributed by atoms with Crippen LogP contribution in [0.15, 0.2) is 24.3 Å². The summed E-state index contributed by atoms with van der Waals surface area (Å²) >= 11 is 0. The van der Waals surface area contributed by atoms with Crippen molar-refractivity contribution in [2.75, 3.05) is 0 Å². The summed E-state index contributed by atoms with van der Waals surface area (Å²) in [4.78, 5) is 0. The van der Waals surface area contributed by atoms with Crippen molar-refractivity contribution in [2.45, 2.75) is 98.0 Å². The van der Waals surface area contributed by atoms with Crippen LogP contribution in [-0.4, -0.2) is 11.2 Å². The fourth-order valence-corrected chi connectivity index (χ4v) is 8.18. The van der Waals surface area contributed by atoms with Crippen LogP contribution in [0.2, 0.25) is 0 Å². The molecule has 158 valence electrons. The predicted octanol–water partition coefficient (Wildman–Crippen LogP) is 7.16. The van der Waals surface area contributed by atoms with Crippen molar-refractivity contribution in [3.05, 3.63) is 24.3 Å². The van der Waals surface area contributed by atoms with Crippen LogP contribution < -0.4 is 0 Å². The van der Waals surface area contributed by atoms with Gasteiger partial charge in [-0.05, 0) is 104 Å². The molecular formula is C27H44O. The first-order valence-electron chi connectivity index (χ1n) is 12.3. The third-order valence-electron chi connectivity index (χ3n) is 9.91. The summed E-state index contributed by atoms with van der Waals surface area (Å²) < 4.78 is 0. The first-order chi connectivity index (χ1) is 13.3. The van der Waals surface area contributed by atoms with Crippen molar-refractivity contribution in [1.82, 2.24) is 0 Å². The van der Waals surface area contributed by atoms with E-state index < -0.39 is 0 Å². The highest BCUT2D eigenvalue weighted by Crippen LogP contribution is 2.66. The number of aliphatic hydroxyl groups is 1. The normalized spacial score (nSPS) is 47.5. The van der Waals surface area contributed by atoms with Crippen molar-refractivity contribution in [3.63, 3.8) is 0 Å². The summed E-state index contributed by atoms with van der Waals surface area (Å²) in [6.45, 7) is 14.5. The molecule has 1 heteroatoms. The highest BCUT2D eigenvalue weighted by molar-refractivity contribution is 5.21. The molecule has 4 rings (SSSR count). The lowest BCUT2D eigenvalue weighted by molar-refractivity contribution is -0.0747. The molecule has 1 N–H and O–H groups in total. The molecule has 0 spiro atoms. The van der Waals surface area contributed by atoms with Crippen molar-refractivity contribution in [3.8, 4) is 0 Å². The number of rotatable bonds is 5.